The van der Waals surface area contributed by atoms with E-state index in [-0.39, 0.29) is 102 Å². The molecule has 0 aliphatic carbocycles. The van der Waals surface area contributed by atoms with Crippen molar-refractivity contribution >= 4 is 99.6 Å². The Bertz CT molecular complexity index is 3120. The first kappa shape index (κ1) is 78.8. The van der Waals surface area contributed by atoms with Crippen LogP contribution in [0.2, 0.25) is 0 Å². The van der Waals surface area contributed by atoms with Gasteiger partial charge in [-0.25, -0.2) is 4.79 Å². The number of β-amino-alcohol motifs (C(OH)–C–C–N with tert-alkyl or cyclic N) is 1. The summed E-state index contributed by atoms with van der Waals surface area (Å²) in [4.78, 5) is 165. The Morgan fingerprint density at radius 1 is 0.557 bits per heavy atom. The van der Waals surface area contributed by atoms with E-state index in [1.165, 1.54) is 27.6 Å². The van der Waals surface area contributed by atoms with Crippen molar-refractivity contribution in [2.24, 2.45) is 50.1 Å². The van der Waals surface area contributed by atoms with Gasteiger partial charge in [0.2, 0.25) is 59.1 Å². The molecule has 2 aliphatic heterocycles. The lowest BCUT2D eigenvalue weighted by Crippen LogP contribution is -2.60. The SMILES string of the molecule is NCCCCC(N)C(=O)NC(CCCCN)C(=O)NC(CCCN=C(N)N)C(=O)N1CCCC1C(=O)N1CC(O)CC1C(=O)NCC(=O)NC(Cc1cccs1)C(=O)NC(CO)C(=O)NC(Cc1ccccc1)C(=O)NC(Cc1cccs1)C(=O)NC(CCCN=C(N)N)C(=O)O. The molecule has 11 atom stereocenters. The van der Waals surface area contributed by atoms with Crippen molar-refractivity contribution in [2.45, 2.75) is 169 Å². The number of carboxylic acid groups (broad SMARTS) is 1. The Hall–Kier alpha value is -8.87. The number of likely N-dealkylation sites (tertiary alicyclic amines) is 2. The molecule has 35 heteroatoms. The molecule has 0 bridgehead atoms. The summed E-state index contributed by atoms with van der Waals surface area (Å²) < 4.78 is 0. The normalized spacial score (nSPS) is 17.5. The van der Waals surface area contributed by atoms with Crippen LogP contribution in [0.15, 0.2) is 75.3 Å². The molecule has 3 aromatic rings. The van der Waals surface area contributed by atoms with Gasteiger partial charge in [-0.05, 0) is 112 Å². The van der Waals surface area contributed by atoms with Gasteiger partial charge in [0.1, 0.15) is 54.4 Å². The molecule has 1 aromatic carbocycles. The number of thiophene rings is 2. The number of hydrogen-bond donors (Lipinski definition) is 18. The van der Waals surface area contributed by atoms with E-state index in [0.717, 1.165) is 4.90 Å². The summed E-state index contributed by atoms with van der Waals surface area (Å²) in [6, 6.07) is 2.10. The minimum Gasteiger partial charge on any atom is -0.480 e. The molecule has 4 heterocycles. The number of amides is 10. The smallest absolute Gasteiger partial charge is 0.326 e. The van der Waals surface area contributed by atoms with Crippen LogP contribution in [0.25, 0.3) is 0 Å². The molecule has 534 valence electrons. The number of nitrogens with one attached hydrogen (secondary N) is 8. The van der Waals surface area contributed by atoms with Crippen molar-refractivity contribution < 1.29 is 68.1 Å². The van der Waals surface area contributed by atoms with E-state index in [1.807, 2.05) is 0 Å². The fraction of sp³-hybridized carbons (Fsp3) is 0.565. The summed E-state index contributed by atoms with van der Waals surface area (Å²) >= 11 is 2.52. The van der Waals surface area contributed by atoms with Crippen LogP contribution in [0.4, 0.5) is 0 Å². The number of benzene rings is 1. The van der Waals surface area contributed by atoms with E-state index in [9.17, 15) is 68.1 Å². The lowest BCUT2D eigenvalue weighted by molar-refractivity contribution is -0.148. The summed E-state index contributed by atoms with van der Waals surface area (Å²) in [5.41, 5.74) is 40.0. The Balaban J connectivity index is 1.27. The standard InChI is InChI=1S/C62H95N19O14S2/c63-22-6-4-17-40(65)51(85)74-41(18-5-7-23-64)52(86)75-42(19-8-24-70-61(66)67)58(92)80-26-10-21-48(80)59(93)81-34-37(83)30-49(81)57(91)72-33-50(84)73-45(31-38-15-11-27-96-38)54(88)79-47(35-82)56(90)77-44(29-36-13-2-1-3-14-36)53(87)78-46(32-39-16-12-28-97-39)55(89)76-43(60(94)95)20-9-25-71-62(68)69/h1-3,11-16,27-28,37,40-49,82-83H,4-10,17-26,29-35,63-65H2,(H,72,91)(H,73,84)(H,74,85)(H,75,86)(H,76,89)(H,77,90)(H,78,87)(H,79,88)(H,94,95)(H4,66,67,70)(H4,68,69,71). The van der Waals surface area contributed by atoms with Gasteiger partial charge in [-0.15, -0.1) is 22.7 Å². The lowest BCUT2D eigenvalue weighted by Gasteiger charge is -2.33. The fourth-order valence-electron chi connectivity index (χ4n) is 11.0. The maximum atomic E-state index is 14.6. The lowest BCUT2D eigenvalue weighted by atomic mass is 10.0. The number of guanidine groups is 2. The van der Waals surface area contributed by atoms with Crippen molar-refractivity contribution in [1.82, 2.24) is 52.3 Å². The van der Waals surface area contributed by atoms with Crippen LogP contribution in [0.3, 0.4) is 0 Å². The number of aliphatic hydroxyl groups is 2. The van der Waals surface area contributed by atoms with Crippen LogP contribution < -0.4 is 82.7 Å². The highest BCUT2D eigenvalue weighted by molar-refractivity contribution is 7.10. The second-order valence-electron chi connectivity index (χ2n) is 23.6. The zero-order valence-electron chi connectivity index (χ0n) is 54.2. The Labute approximate surface area is 570 Å². The summed E-state index contributed by atoms with van der Waals surface area (Å²) in [6.45, 7) is -1.09. The third kappa shape index (κ3) is 26.6. The highest BCUT2D eigenvalue weighted by Crippen LogP contribution is 2.27. The minimum absolute atomic E-state index is 0.00821. The number of nitrogens with zero attached hydrogens (tertiary/aromatic N) is 4. The second-order valence-corrected chi connectivity index (χ2v) is 25.7. The van der Waals surface area contributed by atoms with Crippen molar-refractivity contribution in [3.8, 4) is 0 Å². The molecule has 25 N–H and O–H groups in total. The molecule has 33 nitrogen and oxygen atoms in total. The van der Waals surface area contributed by atoms with Gasteiger partial charge in [-0.3, -0.25) is 57.9 Å². The van der Waals surface area contributed by atoms with E-state index in [2.05, 4.69) is 52.5 Å². The van der Waals surface area contributed by atoms with Crippen LogP contribution in [0, 0.1) is 0 Å². The summed E-state index contributed by atoms with van der Waals surface area (Å²) in [6.07, 6.45) is 1.74. The van der Waals surface area contributed by atoms with Gasteiger partial charge in [0, 0.05) is 61.6 Å². The van der Waals surface area contributed by atoms with E-state index in [4.69, 9.17) is 40.1 Å². The zero-order chi connectivity index (χ0) is 71.0. The monoisotopic (exact) mass is 1390 g/mol. The number of carboxylic acids is 1. The quantitative estimate of drug-likeness (QED) is 0.0144. The summed E-state index contributed by atoms with van der Waals surface area (Å²) in [5.74, 6) is -9.80. The van der Waals surface area contributed by atoms with Crippen LogP contribution in [0.5, 0.6) is 0 Å². The van der Waals surface area contributed by atoms with Crippen LogP contribution in [0.1, 0.15) is 98.8 Å². The topological polar surface area (TPSA) is 558 Å². The Morgan fingerprint density at radius 2 is 1.05 bits per heavy atom. The number of aliphatic hydroxyl groups excluding tert-OH is 2. The van der Waals surface area contributed by atoms with Gasteiger partial charge >= 0.3 is 5.97 Å². The van der Waals surface area contributed by atoms with Gasteiger partial charge in [-0.2, -0.15) is 0 Å². The van der Waals surface area contributed by atoms with Gasteiger partial charge in [0.05, 0.1) is 25.3 Å². The molecule has 0 saturated carbocycles. The van der Waals surface area contributed by atoms with E-state index >= 15 is 0 Å². The predicted molar refractivity (Wildman–Crippen MR) is 362 cm³/mol. The number of carbonyl (C=O) groups excluding carboxylic acids is 10. The summed E-state index contributed by atoms with van der Waals surface area (Å²) in [5, 5.41) is 55.7. The first-order valence-corrected chi connectivity index (χ1v) is 34.1. The second kappa shape index (κ2) is 41.3. The average Bonchev–Trinajstić information content (AvgIpc) is 1.66. The zero-order valence-corrected chi connectivity index (χ0v) is 55.8. The number of aliphatic carboxylic acids is 1. The van der Waals surface area contributed by atoms with Gasteiger partial charge in [0.15, 0.2) is 11.9 Å². The van der Waals surface area contributed by atoms with Crippen LogP contribution >= 0.6 is 22.7 Å². The van der Waals surface area contributed by atoms with Crippen molar-refractivity contribution in [3.05, 3.63) is 80.7 Å². The molecule has 11 unspecified atom stereocenters. The molecular weight excluding hydrogens is 1300 g/mol. The van der Waals surface area contributed by atoms with Crippen LogP contribution in [-0.4, -0.2) is 221 Å². The molecular formula is C62H95N19O14S2. The Kier molecular flexibility index (Phi) is 33.5. The number of carbonyl (C=O) groups is 11. The molecule has 2 aromatic heterocycles. The van der Waals surface area contributed by atoms with Crippen LogP contribution in [-0.2, 0) is 72.0 Å². The minimum atomic E-state index is -1.74. The number of aliphatic imine (C=N–C) groups is 2. The van der Waals surface area contributed by atoms with Gasteiger partial charge in [-0.1, -0.05) is 48.9 Å². The van der Waals surface area contributed by atoms with Crippen molar-refractivity contribution in [2.75, 3.05) is 52.4 Å². The predicted octanol–water partition coefficient (Wildman–Crippen LogP) is -4.93. The highest BCUT2D eigenvalue weighted by atomic mass is 32.1. The number of rotatable bonds is 42. The van der Waals surface area contributed by atoms with E-state index < -0.39 is 145 Å². The largest absolute Gasteiger partial charge is 0.480 e. The van der Waals surface area contributed by atoms with E-state index in [0.29, 0.717) is 66.9 Å². The highest BCUT2D eigenvalue weighted by Gasteiger charge is 2.46. The van der Waals surface area contributed by atoms with Gasteiger partial charge in [0.25, 0.3) is 0 Å². The average molecular weight is 1390 g/mol. The molecule has 0 spiro atoms. The first-order valence-electron chi connectivity index (χ1n) is 32.3. The van der Waals surface area contributed by atoms with E-state index in [1.54, 1.807) is 65.4 Å². The molecule has 0 radical (unpaired) electrons. The maximum absolute atomic E-state index is 14.6. The Morgan fingerprint density at radius 3 is 1.60 bits per heavy atom. The van der Waals surface area contributed by atoms with Crippen molar-refractivity contribution in [3.63, 3.8) is 0 Å². The molecule has 2 fully saturated rings. The molecule has 10 amide bonds. The third-order valence-electron chi connectivity index (χ3n) is 16.1. The molecule has 5 rings (SSSR count). The molecule has 2 saturated heterocycles. The fourth-order valence-corrected chi connectivity index (χ4v) is 12.5. The maximum Gasteiger partial charge on any atom is 0.326 e. The van der Waals surface area contributed by atoms with Gasteiger partial charge < -0.3 is 108 Å². The molecule has 2 aliphatic rings. The summed E-state index contributed by atoms with van der Waals surface area (Å²) in [7, 11) is 0. The number of unbranched alkanes of at least 4 members (excludes halogenated alkanes) is 2. The number of hydrogen-bond acceptors (Lipinski definition) is 20. The molecule has 97 heavy (non-hydrogen) atoms. The third-order valence-corrected chi connectivity index (χ3v) is 17.9. The van der Waals surface area contributed by atoms with Crippen molar-refractivity contribution in [1.29, 1.82) is 0 Å². The number of nitrogens with two attached hydrogens (primary N) is 7. The first-order chi connectivity index (χ1) is 46.4.